The Labute approximate surface area is 129 Å². The Hall–Kier alpha value is -2.81. The Morgan fingerprint density at radius 3 is 2.86 bits per heavy atom. The lowest BCUT2D eigenvalue weighted by atomic mass is 10.2. The molecule has 0 spiro atoms. The molecule has 22 heavy (non-hydrogen) atoms. The number of H-pyrrole nitrogens is 1. The molecule has 0 aliphatic carbocycles. The smallest absolute Gasteiger partial charge is 0.269 e. The number of aromatic nitrogens is 6. The van der Waals surface area contributed by atoms with Gasteiger partial charge in [0.2, 0.25) is 17.6 Å². The predicted molar refractivity (Wildman–Crippen MR) is 75.9 cm³/mol. The van der Waals surface area contributed by atoms with E-state index in [1.54, 1.807) is 24.3 Å². The molecule has 10 heteroatoms. The molecule has 0 saturated heterocycles. The SMILES string of the molecule is O=C(CCc1nc(-c2ccc(Cl)cc2)no1)Nc1nn[nH]n1. The lowest BCUT2D eigenvalue weighted by Gasteiger charge is -1.97. The van der Waals surface area contributed by atoms with E-state index >= 15 is 0 Å². The number of benzene rings is 1. The molecule has 0 aliphatic rings. The van der Waals surface area contributed by atoms with Crippen LogP contribution in [-0.2, 0) is 11.2 Å². The molecule has 0 saturated carbocycles. The molecule has 9 nitrogen and oxygen atoms in total. The normalized spacial score (nSPS) is 10.6. The van der Waals surface area contributed by atoms with Crippen LogP contribution in [0.25, 0.3) is 11.4 Å². The number of amides is 1. The van der Waals surface area contributed by atoms with E-state index in [0.29, 0.717) is 23.2 Å². The molecule has 112 valence electrons. The van der Waals surface area contributed by atoms with Crippen molar-refractivity contribution in [3.63, 3.8) is 0 Å². The van der Waals surface area contributed by atoms with Gasteiger partial charge in [-0.2, -0.15) is 10.2 Å². The number of tetrazole rings is 1. The fraction of sp³-hybridized carbons (Fsp3) is 0.167. The van der Waals surface area contributed by atoms with Gasteiger partial charge in [0.05, 0.1) is 0 Å². The molecule has 3 rings (SSSR count). The lowest BCUT2D eigenvalue weighted by molar-refractivity contribution is -0.116. The molecule has 2 aromatic heterocycles. The number of nitrogens with zero attached hydrogens (tertiary/aromatic N) is 5. The van der Waals surface area contributed by atoms with Crippen LogP contribution >= 0.6 is 11.6 Å². The zero-order chi connectivity index (χ0) is 15.4. The van der Waals surface area contributed by atoms with Crippen molar-refractivity contribution in [3.05, 3.63) is 35.2 Å². The minimum Gasteiger partial charge on any atom is -0.339 e. The molecule has 0 radical (unpaired) electrons. The largest absolute Gasteiger partial charge is 0.339 e. The summed E-state index contributed by atoms with van der Waals surface area (Å²) in [6.07, 6.45) is 0.473. The molecule has 0 aliphatic heterocycles. The number of carbonyl (C=O) groups excluding carboxylic acids is 1. The van der Waals surface area contributed by atoms with Crippen LogP contribution < -0.4 is 5.32 Å². The van der Waals surface area contributed by atoms with Crippen LogP contribution in [0.2, 0.25) is 5.02 Å². The van der Waals surface area contributed by atoms with Crippen LogP contribution in [0, 0.1) is 0 Å². The van der Waals surface area contributed by atoms with Crippen LogP contribution in [0.4, 0.5) is 5.95 Å². The van der Waals surface area contributed by atoms with Crippen molar-refractivity contribution in [1.29, 1.82) is 0 Å². The fourth-order valence-electron chi connectivity index (χ4n) is 1.70. The van der Waals surface area contributed by atoms with Gasteiger partial charge in [0.25, 0.3) is 5.95 Å². The number of hydrogen-bond acceptors (Lipinski definition) is 7. The maximum atomic E-state index is 11.7. The molecule has 0 atom stereocenters. The van der Waals surface area contributed by atoms with E-state index in [2.05, 4.69) is 36.1 Å². The van der Waals surface area contributed by atoms with E-state index in [1.165, 1.54) is 0 Å². The quantitative estimate of drug-likeness (QED) is 0.730. The summed E-state index contributed by atoms with van der Waals surface area (Å²) < 4.78 is 5.11. The maximum absolute atomic E-state index is 11.7. The Balaban J connectivity index is 1.57. The average molecular weight is 320 g/mol. The first kappa shape index (κ1) is 14.1. The summed E-state index contributed by atoms with van der Waals surface area (Å²) in [5, 5.41) is 19.8. The summed E-state index contributed by atoms with van der Waals surface area (Å²) >= 11 is 5.82. The van der Waals surface area contributed by atoms with Crippen molar-refractivity contribution in [3.8, 4) is 11.4 Å². The van der Waals surface area contributed by atoms with Crippen LogP contribution in [0.1, 0.15) is 12.3 Å². The summed E-state index contributed by atoms with van der Waals surface area (Å²) in [7, 11) is 0. The van der Waals surface area contributed by atoms with Gasteiger partial charge in [0, 0.05) is 23.4 Å². The first-order valence-corrected chi connectivity index (χ1v) is 6.70. The number of halogens is 1. The Kier molecular flexibility index (Phi) is 4.05. The van der Waals surface area contributed by atoms with E-state index in [0.717, 1.165) is 5.56 Å². The highest BCUT2D eigenvalue weighted by molar-refractivity contribution is 6.30. The third-order valence-corrected chi connectivity index (χ3v) is 2.98. The van der Waals surface area contributed by atoms with Crippen LogP contribution in [0.5, 0.6) is 0 Å². The first-order valence-electron chi connectivity index (χ1n) is 6.32. The van der Waals surface area contributed by atoms with Crippen LogP contribution in [-0.4, -0.2) is 36.7 Å². The van der Waals surface area contributed by atoms with Crippen molar-refractivity contribution in [2.75, 3.05) is 5.32 Å². The van der Waals surface area contributed by atoms with Gasteiger partial charge in [-0.25, -0.2) is 0 Å². The summed E-state index contributed by atoms with van der Waals surface area (Å²) in [5.41, 5.74) is 0.788. The standard InChI is InChI=1S/C12H10ClN7O2/c13-8-3-1-7(2-4-8)11-15-10(22-18-11)6-5-9(21)14-12-16-19-20-17-12/h1-4H,5-6H2,(H2,14,16,17,19,20,21). The summed E-state index contributed by atoms with van der Waals surface area (Å²) in [4.78, 5) is 15.9. The molecule has 1 aromatic carbocycles. The van der Waals surface area contributed by atoms with E-state index in [9.17, 15) is 4.79 Å². The zero-order valence-corrected chi connectivity index (χ0v) is 11.9. The second-order valence-electron chi connectivity index (χ2n) is 4.30. The Morgan fingerprint density at radius 2 is 2.14 bits per heavy atom. The van der Waals surface area contributed by atoms with E-state index < -0.39 is 0 Å². The topological polar surface area (TPSA) is 122 Å². The van der Waals surface area contributed by atoms with Crippen molar-refractivity contribution >= 4 is 23.5 Å². The third kappa shape index (κ3) is 3.44. The molecule has 2 N–H and O–H groups in total. The van der Waals surface area contributed by atoms with Gasteiger partial charge < -0.3 is 4.52 Å². The number of anilines is 1. The molecule has 1 amide bonds. The highest BCUT2D eigenvalue weighted by atomic mass is 35.5. The molecule has 0 unspecified atom stereocenters. The molecular formula is C12H10ClN7O2. The second kappa shape index (κ2) is 6.31. The van der Waals surface area contributed by atoms with Crippen molar-refractivity contribution < 1.29 is 9.32 Å². The predicted octanol–water partition coefficient (Wildman–Crippen LogP) is 1.47. The Morgan fingerprint density at radius 1 is 1.32 bits per heavy atom. The molecule has 0 bridgehead atoms. The summed E-state index contributed by atoms with van der Waals surface area (Å²) in [6, 6.07) is 7.07. The third-order valence-electron chi connectivity index (χ3n) is 2.73. The number of aromatic amines is 1. The first-order chi connectivity index (χ1) is 10.7. The number of hydrogen-bond donors (Lipinski definition) is 2. The van der Waals surface area contributed by atoms with Crippen molar-refractivity contribution in [2.45, 2.75) is 12.8 Å². The lowest BCUT2D eigenvalue weighted by Crippen LogP contribution is -2.13. The highest BCUT2D eigenvalue weighted by Gasteiger charge is 2.11. The monoisotopic (exact) mass is 319 g/mol. The van der Waals surface area contributed by atoms with E-state index in [-0.39, 0.29) is 18.3 Å². The number of nitrogens with one attached hydrogen (secondary N) is 2. The molecule has 3 aromatic rings. The van der Waals surface area contributed by atoms with Gasteiger partial charge in [-0.3, -0.25) is 10.1 Å². The number of rotatable bonds is 5. The van der Waals surface area contributed by atoms with Crippen LogP contribution in [0.3, 0.4) is 0 Å². The highest BCUT2D eigenvalue weighted by Crippen LogP contribution is 2.18. The zero-order valence-electron chi connectivity index (χ0n) is 11.2. The fourth-order valence-corrected chi connectivity index (χ4v) is 1.82. The minimum absolute atomic E-state index is 0.123. The summed E-state index contributed by atoms with van der Waals surface area (Å²) in [5.74, 6) is 0.670. The molecular weight excluding hydrogens is 310 g/mol. The average Bonchev–Trinajstić information content (AvgIpc) is 3.17. The van der Waals surface area contributed by atoms with E-state index in [4.69, 9.17) is 16.1 Å². The number of aryl methyl sites for hydroxylation is 1. The minimum atomic E-state index is -0.271. The van der Waals surface area contributed by atoms with Crippen molar-refractivity contribution in [2.24, 2.45) is 0 Å². The van der Waals surface area contributed by atoms with Gasteiger partial charge in [0.15, 0.2) is 0 Å². The molecule has 2 heterocycles. The van der Waals surface area contributed by atoms with Gasteiger partial charge in [-0.15, -0.1) is 5.10 Å². The molecule has 0 fully saturated rings. The Bertz CT molecular complexity index is 754. The van der Waals surface area contributed by atoms with Crippen LogP contribution in [0.15, 0.2) is 28.8 Å². The van der Waals surface area contributed by atoms with Gasteiger partial charge in [0.1, 0.15) is 0 Å². The maximum Gasteiger partial charge on any atom is 0.269 e. The van der Waals surface area contributed by atoms with Gasteiger partial charge in [-0.05, 0) is 29.5 Å². The second-order valence-corrected chi connectivity index (χ2v) is 4.74. The van der Waals surface area contributed by atoms with Gasteiger partial charge >= 0.3 is 0 Å². The summed E-state index contributed by atoms with van der Waals surface area (Å²) in [6.45, 7) is 0. The van der Waals surface area contributed by atoms with Crippen molar-refractivity contribution in [1.82, 2.24) is 30.8 Å². The number of carbonyl (C=O) groups is 1. The van der Waals surface area contributed by atoms with Gasteiger partial charge in [-0.1, -0.05) is 21.9 Å². The van der Waals surface area contributed by atoms with E-state index in [1.807, 2.05) is 0 Å².